The minimum Gasteiger partial charge on any atom is -0.494 e. The van der Waals surface area contributed by atoms with Crippen LogP contribution in [0.1, 0.15) is 17.5 Å². The lowest BCUT2D eigenvalue weighted by Crippen LogP contribution is -2.06. The van der Waals surface area contributed by atoms with E-state index in [1.807, 2.05) is 35.0 Å². The zero-order valence-corrected chi connectivity index (χ0v) is 12.4. The molecule has 0 aliphatic heterocycles. The summed E-state index contributed by atoms with van der Waals surface area (Å²) in [6.07, 6.45) is 0.903. The quantitative estimate of drug-likeness (QED) is 0.672. The number of hydrogen-bond donors (Lipinski definition) is 0. The molecule has 0 saturated carbocycles. The van der Waals surface area contributed by atoms with Crippen molar-refractivity contribution in [3.8, 4) is 5.75 Å². The maximum absolute atomic E-state index is 5.70. The van der Waals surface area contributed by atoms with Gasteiger partial charge in [0.2, 0.25) is 0 Å². The van der Waals surface area contributed by atoms with E-state index in [1.54, 1.807) is 0 Å². The molecule has 1 heterocycles. The van der Waals surface area contributed by atoms with E-state index in [0.29, 0.717) is 6.61 Å². The summed E-state index contributed by atoms with van der Waals surface area (Å²) >= 11 is 0. The van der Waals surface area contributed by atoms with Gasteiger partial charge in [-0.05, 0) is 49.2 Å². The summed E-state index contributed by atoms with van der Waals surface area (Å²) in [6.45, 7) is 5.70. The Labute approximate surface area is 124 Å². The standard InChI is InChI=1S/C17H19N3O/c1-13-11-16-17(12-14(13)2)20(19-18-16)9-6-10-21-15-7-4-3-5-8-15/h3-5,7-8,11-12H,6,9-10H2,1-2H3. The van der Waals surface area contributed by atoms with Gasteiger partial charge in [0.25, 0.3) is 0 Å². The van der Waals surface area contributed by atoms with Gasteiger partial charge in [-0.3, -0.25) is 0 Å². The normalized spacial score (nSPS) is 11.0. The average Bonchev–Trinajstić information content (AvgIpc) is 2.87. The zero-order chi connectivity index (χ0) is 14.7. The van der Waals surface area contributed by atoms with Crippen LogP contribution in [0.25, 0.3) is 11.0 Å². The number of aromatic nitrogens is 3. The fourth-order valence-corrected chi connectivity index (χ4v) is 2.31. The molecule has 108 valence electrons. The molecule has 0 saturated heterocycles. The SMILES string of the molecule is Cc1cc2nnn(CCCOc3ccccc3)c2cc1C. The van der Waals surface area contributed by atoms with E-state index in [2.05, 4.69) is 36.3 Å². The summed E-state index contributed by atoms with van der Waals surface area (Å²) in [5, 5.41) is 8.46. The van der Waals surface area contributed by atoms with Gasteiger partial charge in [-0.1, -0.05) is 23.4 Å². The van der Waals surface area contributed by atoms with Crippen LogP contribution >= 0.6 is 0 Å². The molecule has 4 heteroatoms. The van der Waals surface area contributed by atoms with Crippen molar-refractivity contribution < 1.29 is 4.74 Å². The molecule has 21 heavy (non-hydrogen) atoms. The second-order valence-electron chi connectivity index (χ2n) is 5.25. The third kappa shape index (κ3) is 3.05. The summed E-state index contributed by atoms with van der Waals surface area (Å²) in [5.41, 5.74) is 4.58. The van der Waals surface area contributed by atoms with Crippen molar-refractivity contribution in [2.75, 3.05) is 6.61 Å². The third-order valence-electron chi connectivity index (χ3n) is 3.66. The lowest BCUT2D eigenvalue weighted by Gasteiger charge is -2.06. The molecule has 0 fully saturated rings. The second-order valence-corrected chi connectivity index (χ2v) is 5.25. The van der Waals surface area contributed by atoms with E-state index in [-0.39, 0.29) is 0 Å². The predicted molar refractivity (Wildman–Crippen MR) is 83.6 cm³/mol. The first-order valence-electron chi connectivity index (χ1n) is 7.22. The molecular weight excluding hydrogens is 262 g/mol. The molecule has 0 atom stereocenters. The Balaban J connectivity index is 1.62. The summed E-state index contributed by atoms with van der Waals surface area (Å²) < 4.78 is 7.65. The predicted octanol–water partition coefficient (Wildman–Crippen LogP) is 3.52. The largest absolute Gasteiger partial charge is 0.494 e. The van der Waals surface area contributed by atoms with Crippen LogP contribution in [0.2, 0.25) is 0 Å². The van der Waals surface area contributed by atoms with Crippen molar-refractivity contribution in [1.82, 2.24) is 15.0 Å². The minimum atomic E-state index is 0.677. The molecule has 0 N–H and O–H groups in total. The van der Waals surface area contributed by atoms with Crippen LogP contribution < -0.4 is 4.74 Å². The first kappa shape index (κ1) is 13.6. The lowest BCUT2D eigenvalue weighted by molar-refractivity contribution is 0.299. The Morgan fingerprint density at radius 2 is 1.81 bits per heavy atom. The Kier molecular flexibility index (Phi) is 3.86. The fourth-order valence-electron chi connectivity index (χ4n) is 2.31. The molecule has 4 nitrogen and oxygen atoms in total. The topological polar surface area (TPSA) is 39.9 Å². The Morgan fingerprint density at radius 3 is 2.62 bits per heavy atom. The maximum atomic E-state index is 5.70. The number of benzene rings is 2. The molecule has 0 spiro atoms. The highest BCUT2D eigenvalue weighted by atomic mass is 16.5. The molecular formula is C17H19N3O. The highest BCUT2D eigenvalue weighted by molar-refractivity contribution is 5.76. The van der Waals surface area contributed by atoms with Crippen molar-refractivity contribution in [2.45, 2.75) is 26.8 Å². The zero-order valence-electron chi connectivity index (χ0n) is 12.4. The fraction of sp³-hybridized carbons (Fsp3) is 0.294. The molecule has 0 radical (unpaired) electrons. The van der Waals surface area contributed by atoms with E-state index in [9.17, 15) is 0 Å². The van der Waals surface area contributed by atoms with Crippen LogP contribution in [0.3, 0.4) is 0 Å². The molecule has 0 unspecified atom stereocenters. The Bertz CT molecular complexity index is 734. The Morgan fingerprint density at radius 1 is 1.05 bits per heavy atom. The molecule has 0 bridgehead atoms. The van der Waals surface area contributed by atoms with Crippen LogP contribution in [-0.2, 0) is 6.54 Å². The second kappa shape index (κ2) is 5.95. The summed E-state index contributed by atoms with van der Waals surface area (Å²) in [6, 6.07) is 14.1. The number of para-hydroxylation sites is 1. The monoisotopic (exact) mass is 281 g/mol. The number of fused-ring (bicyclic) bond motifs is 1. The van der Waals surface area contributed by atoms with Crippen LogP contribution in [0.4, 0.5) is 0 Å². The van der Waals surface area contributed by atoms with Crippen molar-refractivity contribution in [1.29, 1.82) is 0 Å². The van der Waals surface area contributed by atoms with Gasteiger partial charge in [-0.2, -0.15) is 0 Å². The molecule has 1 aromatic heterocycles. The molecule has 0 aliphatic carbocycles. The Hall–Kier alpha value is -2.36. The van der Waals surface area contributed by atoms with Gasteiger partial charge >= 0.3 is 0 Å². The minimum absolute atomic E-state index is 0.677. The van der Waals surface area contributed by atoms with Gasteiger partial charge in [0.05, 0.1) is 12.1 Å². The van der Waals surface area contributed by atoms with E-state index in [1.165, 1.54) is 11.1 Å². The van der Waals surface area contributed by atoms with Gasteiger partial charge in [-0.25, -0.2) is 4.68 Å². The lowest BCUT2D eigenvalue weighted by atomic mass is 10.1. The van der Waals surface area contributed by atoms with Crippen molar-refractivity contribution in [3.63, 3.8) is 0 Å². The van der Waals surface area contributed by atoms with Crippen molar-refractivity contribution in [3.05, 3.63) is 53.6 Å². The molecule has 0 aliphatic rings. The maximum Gasteiger partial charge on any atom is 0.119 e. The number of aryl methyl sites for hydroxylation is 3. The van der Waals surface area contributed by atoms with Crippen LogP contribution in [0.15, 0.2) is 42.5 Å². The summed E-state index contributed by atoms with van der Waals surface area (Å²) in [5.74, 6) is 0.910. The van der Waals surface area contributed by atoms with Crippen molar-refractivity contribution >= 4 is 11.0 Å². The van der Waals surface area contributed by atoms with E-state index in [0.717, 1.165) is 29.7 Å². The molecule has 0 amide bonds. The highest BCUT2D eigenvalue weighted by Crippen LogP contribution is 2.17. The van der Waals surface area contributed by atoms with Crippen LogP contribution in [-0.4, -0.2) is 21.6 Å². The summed E-state index contributed by atoms with van der Waals surface area (Å²) in [4.78, 5) is 0. The van der Waals surface area contributed by atoms with Gasteiger partial charge in [-0.15, -0.1) is 5.10 Å². The number of ether oxygens (including phenoxy) is 1. The number of rotatable bonds is 5. The molecule has 3 aromatic rings. The average molecular weight is 281 g/mol. The first-order chi connectivity index (χ1) is 10.2. The van der Waals surface area contributed by atoms with Gasteiger partial charge in [0.15, 0.2) is 0 Å². The third-order valence-corrected chi connectivity index (χ3v) is 3.66. The first-order valence-corrected chi connectivity index (χ1v) is 7.22. The van der Waals surface area contributed by atoms with Crippen molar-refractivity contribution in [2.24, 2.45) is 0 Å². The molecule has 2 aromatic carbocycles. The van der Waals surface area contributed by atoms with Gasteiger partial charge in [0.1, 0.15) is 11.3 Å². The van der Waals surface area contributed by atoms with Crippen LogP contribution in [0.5, 0.6) is 5.75 Å². The molecule has 3 rings (SSSR count). The van der Waals surface area contributed by atoms with E-state index in [4.69, 9.17) is 4.74 Å². The summed E-state index contributed by atoms with van der Waals surface area (Å²) in [7, 11) is 0. The smallest absolute Gasteiger partial charge is 0.119 e. The highest BCUT2D eigenvalue weighted by Gasteiger charge is 2.06. The number of hydrogen-bond acceptors (Lipinski definition) is 3. The van der Waals surface area contributed by atoms with E-state index < -0.39 is 0 Å². The number of nitrogens with zero attached hydrogens (tertiary/aromatic N) is 3. The van der Waals surface area contributed by atoms with Crippen LogP contribution in [0, 0.1) is 13.8 Å². The van der Waals surface area contributed by atoms with Gasteiger partial charge in [0, 0.05) is 13.0 Å². The van der Waals surface area contributed by atoms with E-state index >= 15 is 0 Å². The van der Waals surface area contributed by atoms with Gasteiger partial charge < -0.3 is 4.74 Å².